The average Bonchev–Trinajstić information content (AvgIpc) is 2.66. The highest BCUT2D eigenvalue weighted by Crippen LogP contribution is 2.18. The van der Waals surface area contributed by atoms with Gasteiger partial charge in [0.25, 0.3) is 5.91 Å². The Morgan fingerprint density at radius 2 is 2.11 bits per heavy atom. The Morgan fingerprint density at radius 3 is 2.78 bits per heavy atom. The highest BCUT2D eigenvalue weighted by atomic mass is 19.1. The minimum atomic E-state index is -1.55. The van der Waals surface area contributed by atoms with E-state index in [0.717, 1.165) is 0 Å². The number of benzene rings is 1. The topological polar surface area (TPSA) is 94.5 Å². The molecule has 0 radical (unpaired) electrons. The first kappa shape index (κ1) is 19.2. The highest BCUT2D eigenvalue weighted by molar-refractivity contribution is 6.05. The van der Waals surface area contributed by atoms with Gasteiger partial charge < -0.3 is 20.1 Å². The van der Waals surface area contributed by atoms with Crippen molar-refractivity contribution >= 4 is 17.8 Å². The van der Waals surface area contributed by atoms with Crippen LogP contribution < -0.4 is 5.32 Å². The van der Waals surface area contributed by atoms with Crippen LogP contribution in [0.3, 0.4) is 0 Å². The van der Waals surface area contributed by atoms with Crippen LogP contribution in [-0.2, 0) is 20.9 Å². The second-order valence-electron chi connectivity index (χ2n) is 6.68. The molecule has 0 aromatic heterocycles. The van der Waals surface area contributed by atoms with E-state index < -0.39 is 24.0 Å². The maximum atomic E-state index is 13.0. The van der Waals surface area contributed by atoms with Gasteiger partial charge in [0, 0.05) is 20.1 Å². The Morgan fingerprint density at radius 1 is 1.41 bits per heavy atom. The largest absolute Gasteiger partial charge is 0.380 e. The van der Waals surface area contributed by atoms with Gasteiger partial charge in [0.1, 0.15) is 5.82 Å². The Hall–Kier alpha value is -2.52. The van der Waals surface area contributed by atoms with Crippen molar-refractivity contribution in [1.82, 2.24) is 15.1 Å². The third kappa shape index (κ3) is 4.09. The summed E-state index contributed by atoms with van der Waals surface area (Å²) in [7, 11) is 1.53. The lowest BCUT2D eigenvalue weighted by atomic mass is 10.1. The summed E-state index contributed by atoms with van der Waals surface area (Å²) in [4.78, 5) is 32.5. The molecule has 3 rings (SSSR count). The number of aliphatic hydroxyl groups is 1. The monoisotopic (exact) mass is 378 g/mol. The molecule has 0 saturated carbocycles. The maximum absolute atomic E-state index is 13.0. The second-order valence-corrected chi connectivity index (χ2v) is 6.68. The number of halogens is 1. The van der Waals surface area contributed by atoms with E-state index in [4.69, 9.17) is 4.74 Å². The zero-order valence-electron chi connectivity index (χ0n) is 15.3. The first-order valence-electron chi connectivity index (χ1n) is 8.78. The molecule has 1 fully saturated rings. The lowest BCUT2D eigenvalue weighted by Crippen LogP contribution is -2.61. The number of nitrogens with zero attached hydrogens (tertiary/aromatic N) is 3. The van der Waals surface area contributed by atoms with Gasteiger partial charge in [-0.3, -0.25) is 14.5 Å². The van der Waals surface area contributed by atoms with E-state index >= 15 is 0 Å². The Bertz CT molecular complexity index is 739. The fourth-order valence-corrected chi connectivity index (χ4v) is 3.10. The fourth-order valence-electron chi connectivity index (χ4n) is 3.10. The van der Waals surface area contributed by atoms with Crippen LogP contribution in [0.1, 0.15) is 12.5 Å². The summed E-state index contributed by atoms with van der Waals surface area (Å²) in [5, 5.41) is 12.9. The van der Waals surface area contributed by atoms with Gasteiger partial charge in [-0.05, 0) is 24.6 Å². The summed E-state index contributed by atoms with van der Waals surface area (Å²) < 4.78 is 18.4. The van der Waals surface area contributed by atoms with Gasteiger partial charge in [-0.1, -0.05) is 12.1 Å². The van der Waals surface area contributed by atoms with E-state index in [1.54, 1.807) is 12.1 Å². The van der Waals surface area contributed by atoms with Crippen molar-refractivity contribution in [3.05, 3.63) is 35.6 Å². The maximum Gasteiger partial charge on any atom is 0.260 e. The Balaban J connectivity index is 1.76. The molecule has 1 aromatic carbocycles. The molecule has 2 aliphatic heterocycles. The predicted molar refractivity (Wildman–Crippen MR) is 95.2 cm³/mol. The molecule has 2 aliphatic rings. The number of hydrogen-bond acceptors (Lipinski definition) is 6. The van der Waals surface area contributed by atoms with Gasteiger partial charge in [-0.15, -0.1) is 0 Å². The van der Waals surface area contributed by atoms with Crippen molar-refractivity contribution in [2.24, 2.45) is 4.99 Å². The molecule has 3 atom stereocenters. The molecule has 3 unspecified atom stereocenters. The zero-order chi connectivity index (χ0) is 19.6. The molecule has 1 saturated heterocycles. The Labute approximate surface area is 156 Å². The van der Waals surface area contributed by atoms with Crippen molar-refractivity contribution in [2.75, 3.05) is 26.8 Å². The smallest absolute Gasteiger partial charge is 0.260 e. The van der Waals surface area contributed by atoms with Crippen molar-refractivity contribution in [2.45, 2.75) is 31.7 Å². The van der Waals surface area contributed by atoms with Crippen LogP contribution in [0.4, 0.5) is 4.39 Å². The minimum absolute atomic E-state index is 0.00841. The van der Waals surface area contributed by atoms with Gasteiger partial charge in [0.15, 0.2) is 12.1 Å². The van der Waals surface area contributed by atoms with E-state index in [1.165, 1.54) is 24.1 Å². The summed E-state index contributed by atoms with van der Waals surface area (Å²) in [5.74, 6) is -1.16. The number of likely N-dealkylation sites (N-methyl/N-ethyl adjacent to an activating group) is 1. The molecular weight excluding hydrogens is 355 g/mol. The molecule has 27 heavy (non-hydrogen) atoms. The number of amides is 2. The summed E-state index contributed by atoms with van der Waals surface area (Å²) in [6.45, 7) is 3.61. The van der Waals surface area contributed by atoms with E-state index in [9.17, 15) is 19.1 Å². The van der Waals surface area contributed by atoms with Crippen molar-refractivity contribution < 1.29 is 23.8 Å². The molecule has 9 heteroatoms. The minimum Gasteiger partial charge on any atom is -0.380 e. The van der Waals surface area contributed by atoms with Crippen LogP contribution in [0, 0.1) is 5.82 Å². The third-order valence-electron chi connectivity index (χ3n) is 4.71. The molecule has 146 valence electrons. The first-order chi connectivity index (χ1) is 12.9. The summed E-state index contributed by atoms with van der Waals surface area (Å²) >= 11 is 0. The Kier molecular flexibility index (Phi) is 5.71. The fraction of sp³-hybridized carbons (Fsp3) is 0.500. The number of carbonyl (C=O) groups excluding carboxylic acids is 2. The normalized spacial score (nSPS) is 26.0. The summed E-state index contributed by atoms with van der Waals surface area (Å²) in [6, 6.07) is 4.45. The molecule has 1 aromatic rings. The number of nitrogens with one attached hydrogen (secondary N) is 1. The first-order valence-corrected chi connectivity index (χ1v) is 8.78. The van der Waals surface area contributed by atoms with Crippen LogP contribution >= 0.6 is 0 Å². The van der Waals surface area contributed by atoms with Crippen LogP contribution in [0.15, 0.2) is 29.3 Å². The molecule has 8 nitrogen and oxygen atoms in total. The lowest BCUT2D eigenvalue weighted by molar-refractivity contribution is -0.142. The van der Waals surface area contributed by atoms with E-state index in [2.05, 4.69) is 10.3 Å². The van der Waals surface area contributed by atoms with Crippen LogP contribution in [-0.4, -0.2) is 77.7 Å². The number of rotatable bonds is 3. The summed E-state index contributed by atoms with van der Waals surface area (Å²) in [5.41, 5.74) is 0.699. The number of carbonyl (C=O) groups is 2. The molecular formula is C18H23FN4O4. The predicted octanol–water partition coefficient (Wildman–Crippen LogP) is -0.280. The molecule has 0 aliphatic carbocycles. The number of hydrogen-bond donors (Lipinski definition) is 2. The average molecular weight is 378 g/mol. The highest BCUT2D eigenvalue weighted by Gasteiger charge is 2.42. The van der Waals surface area contributed by atoms with Crippen LogP contribution in [0.5, 0.6) is 0 Å². The van der Waals surface area contributed by atoms with Crippen molar-refractivity contribution in [3.63, 3.8) is 0 Å². The van der Waals surface area contributed by atoms with Gasteiger partial charge >= 0.3 is 0 Å². The molecule has 0 spiro atoms. The second kappa shape index (κ2) is 8.01. The van der Waals surface area contributed by atoms with Crippen molar-refractivity contribution in [3.8, 4) is 0 Å². The SMILES string of the molecule is CC1COCCN1C1=NC(C(=O)NCc2ccc(F)cc2)C(O)C(=O)N1C. The van der Waals surface area contributed by atoms with E-state index in [0.29, 0.717) is 31.3 Å². The van der Waals surface area contributed by atoms with Crippen LogP contribution in [0.2, 0.25) is 0 Å². The molecule has 2 amide bonds. The zero-order valence-corrected chi connectivity index (χ0v) is 15.3. The molecule has 2 N–H and O–H groups in total. The van der Waals surface area contributed by atoms with E-state index in [-0.39, 0.29) is 18.4 Å². The summed E-state index contributed by atoms with van der Waals surface area (Å²) in [6.07, 6.45) is -1.55. The molecule has 0 bridgehead atoms. The standard InChI is InChI=1S/C18H23FN4O4/c1-11-10-27-8-7-23(11)18-21-14(15(24)17(26)22(18)2)16(25)20-9-12-3-5-13(19)6-4-12/h3-6,11,14-15,24H,7-10H2,1-2H3,(H,20,25). The number of aliphatic hydroxyl groups excluding tert-OH is 1. The van der Waals surface area contributed by atoms with Crippen LogP contribution in [0.25, 0.3) is 0 Å². The number of aliphatic imine (C=N–C) groups is 1. The van der Waals surface area contributed by atoms with Gasteiger partial charge in [0.05, 0.1) is 19.3 Å². The van der Waals surface area contributed by atoms with E-state index in [1.807, 2.05) is 11.8 Å². The number of guanidine groups is 1. The lowest BCUT2D eigenvalue weighted by Gasteiger charge is -2.41. The van der Waals surface area contributed by atoms with Crippen molar-refractivity contribution in [1.29, 1.82) is 0 Å². The third-order valence-corrected chi connectivity index (χ3v) is 4.71. The van der Waals surface area contributed by atoms with Gasteiger partial charge in [-0.2, -0.15) is 0 Å². The van der Waals surface area contributed by atoms with Gasteiger partial charge in [-0.25, -0.2) is 9.38 Å². The molecule has 2 heterocycles. The number of ether oxygens (including phenoxy) is 1. The van der Waals surface area contributed by atoms with Gasteiger partial charge in [0.2, 0.25) is 11.9 Å². The number of morpholine rings is 1. The quantitative estimate of drug-likeness (QED) is 0.755.